The summed E-state index contributed by atoms with van der Waals surface area (Å²) in [4.78, 5) is 16.1. The van der Waals surface area contributed by atoms with Crippen LogP contribution in [0.25, 0.3) is 11.4 Å². The molecule has 3 N–H and O–H groups in total. The number of aliphatic hydroxyl groups excluding tert-OH is 1. The summed E-state index contributed by atoms with van der Waals surface area (Å²) in [7, 11) is 0. The lowest BCUT2D eigenvalue weighted by Gasteiger charge is -2.14. The minimum Gasteiger partial charge on any atom is -0.394 e. The smallest absolute Gasteiger partial charge is 0.251 e. The summed E-state index contributed by atoms with van der Waals surface area (Å²) in [5.74, 6) is 0.408. The van der Waals surface area contributed by atoms with Crippen molar-refractivity contribution in [1.29, 1.82) is 0 Å². The molecule has 1 aromatic carbocycles. The normalized spacial score (nSPS) is 12.1. The van der Waals surface area contributed by atoms with Crippen molar-refractivity contribution >= 4 is 5.91 Å². The van der Waals surface area contributed by atoms with Gasteiger partial charge in [0.15, 0.2) is 5.82 Å². The van der Waals surface area contributed by atoms with Crippen LogP contribution in [0.5, 0.6) is 0 Å². The van der Waals surface area contributed by atoms with Gasteiger partial charge >= 0.3 is 0 Å². The minimum atomic E-state index is -0.221. The van der Waals surface area contributed by atoms with E-state index in [1.54, 1.807) is 18.2 Å². The average molecular weight is 260 g/mol. The van der Waals surface area contributed by atoms with E-state index >= 15 is 0 Å². The molecule has 0 spiro atoms. The highest BCUT2D eigenvalue weighted by atomic mass is 16.3. The second kappa shape index (κ2) is 6.10. The van der Waals surface area contributed by atoms with Crippen LogP contribution in [-0.4, -0.2) is 38.8 Å². The monoisotopic (exact) mass is 260 g/mol. The Morgan fingerprint density at radius 3 is 3.00 bits per heavy atom. The molecule has 100 valence electrons. The van der Waals surface area contributed by atoms with Gasteiger partial charge in [-0.2, -0.15) is 5.10 Å². The molecule has 0 aliphatic carbocycles. The fraction of sp³-hybridized carbons (Fsp3) is 0.308. The van der Waals surface area contributed by atoms with Crippen molar-refractivity contribution in [3.8, 4) is 11.4 Å². The molecule has 0 saturated heterocycles. The summed E-state index contributed by atoms with van der Waals surface area (Å²) >= 11 is 0. The van der Waals surface area contributed by atoms with Crippen LogP contribution in [0.3, 0.4) is 0 Å². The summed E-state index contributed by atoms with van der Waals surface area (Å²) in [6.07, 6.45) is 2.10. The Hall–Kier alpha value is -2.21. The first-order valence-electron chi connectivity index (χ1n) is 6.12. The Bertz CT molecular complexity index is 535. The second-order valence-corrected chi connectivity index (χ2v) is 4.18. The summed E-state index contributed by atoms with van der Waals surface area (Å²) in [6.45, 7) is 1.84. The van der Waals surface area contributed by atoms with E-state index in [-0.39, 0.29) is 18.6 Å². The molecule has 2 aromatic rings. The molecule has 1 unspecified atom stereocenters. The van der Waals surface area contributed by atoms with E-state index in [1.807, 2.05) is 13.0 Å². The zero-order valence-corrected chi connectivity index (χ0v) is 10.6. The van der Waals surface area contributed by atoms with Crippen LogP contribution >= 0.6 is 0 Å². The van der Waals surface area contributed by atoms with Gasteiger partial charge < -0.3 is 10.4 Å². The van der Waals surface area contributed by atoms with E-state index in [0.717, 1.165) is 5.56 Å². The van der Waals surface area contributed by atoms with Crippen LogP contribution in [0.15, 0.2) is 30.6 Å². The van der Waals surface area contributed by atoms with Gasteiger partial charge in [0, 0.05) is 11.1 Å². The third-order valence-electron chi connectivity index (χ3n) is 2.86. The molecular weight excluding hydrogens is 244 g/mol. The van der Waals surface area contributed by atoms with Crippen LogP contribution in [0.1, 0.15) is 23.7 Å². The second-order valence-electron chi connectivity index (χ2n) is 4.18. The van der Waals surface area contributed by atoms with Crippen molar-refractivity contribution in [2.24, 2.45) is 0 Å². The summed E-state index contributed by atoms with van der Waals surface area (Å²) in [5.41, 5.74) is 1.32. The maximum Gasteiger partial charge on any atom is 0.251 e. The maximum absolute atomic E-state index is 12.0. The first kappa shape index (κ1) is 13.2. The predicted molar refractivity (Wildman–Crippen MR) is 70.4 cm³/mol. The fourth-order valence-electron chi connectivity index (χ4n) is 1.70. The molecule has 1 amide bonds. The lowest BCUT2D eigenvalue weighted by Crippen LogP contribution is -2.36. The van der Waals surface area contributed by atoms with Gasteiger partial charge in [-0.05, 0) is 18.6 Å². The molecule has 0 saturated carbocycles. The molecule has 1 aromatic heterocycles. The Labute approximate surface area is 110 Å². The van der Waals surface area contributed by atoms with Crippen molar-refractivity contribution in [2.45, 2.75) is 19.4 Å². The van der Waals surface area contributed by atoms with E-state index in [0.29, 0.717) is 17.8 Å². The van der Waals surface area contributed by atoms with E-state index in [4.69, 9.17) is 5.11 Å². The number of hydrogen-bond acceptors (Lipinski definition) is 4. The van der Waals surface area contributed by atoms with Crippen molar-refractivity contribution < 1.29 is 9.90 Å². The van der Waals surface area contributed by atoms with Gasteiger partial charge in [-0.25, -0.2) is 4.98 Å². The number of carbonyl (C=O) groups is 1. The van der Waals surface area contributed by atoms with Gasteiger partial charge in [-0.1, -0.05) is 19.1 Å². The molecule has 6 heteroatoms. The summed E-state index contributed by atoms with van der Waals surface area (Å²) in [6, 6.07) is 6.87. The van der Waals surface area contributed by atoms with Crippen LogP contribution in [0.4, 0.5) is 0 Å². The van der Waals surface area contributed by atoms with Crippen molar-refractivity contribution in [1.82, 2.24) is 20.5 Å². The largest absolute Gasteiger partial charge is 0.394 e. The Morgan fingerprint density at radius 2 is 2.37 bits per heavy atom. The van der Waals surface area contributed by atoms with Gasteiger partial charge in [0.2, 0.25) is 0 Å². The Balaban J connectivity index is 2.17. The highest BCUT2D eigenvalue weighted by Gasteiger charge is 2.12. The van der Waals surface area contributed by atoms with Crippen molar-refractivity contribution in [3.05, 3.63) is 36.2 Å². The molecule has 19 heavy (non-hydrogen) atoms. The summed E-state index contributed by atoms with van der Waals surface area (Å²) < 4.78 is 0. The van der Waals surface area contributed by atoms with Crippen molar-refractivity contribution in [2.75, 3.05) is 6.61 Å². The van der Waals surface area contributed by atoms with E-state index < -0.39 is 0 Å². The van der Waals surface area contributed by atoms with Gasteiger partial charge in [-0.3, -0.25) is 9.89 Å². The number of H-pyrrole nitrogens is 1. The van der Waals surface area contributed by atoms with Gasteiger partial charge in [-0.15, -0.1) is 0 Å². The first-order valence-corrected chi connectivity index (χ1v) is 6.12. The molecular formula is C13H16N4O2. The van der Waals surface area contributed by atoms with Crippen LogP contribution in [0, 0.1) is 0 Å². The lowest BCUT2D eigenvalue weighted by molar-refractivity contribution is 0.0915. The van der Waals surface area contributed by atoms with Crippen molar-refractivity contribution in [3.63, 3.8) is 0 Å². The third-order valence-corrected chi connectivity index (χ3v) is 2.86. The molecule has 2 rings (SSSR count). The zero-order valence-electron chi connectivity index (χ0n) is 10.6. The lowest BCUT2D eigenvalue weighted by atomic mass is 10.1. The number of hydrogen-bond donors (Lipinski definition) is 3. The number of amides is 1. The number of aromatic nitrogens is 3. The topological polar surface area (TPSA) is 90.9 Å². The maximum atomic E-state index is 12.0. The Morgan fingerprint density at radius 1 is 1.53 bits per heavy atom. The quantitative estimate of drug-likeness (QED) is 0.747. The third kappa shape index (κ3) is 3.17. The number of aliphatic hydroxyl groups is 1. The van der Waals surface area contributed by atoms with Crippen LogP contribution in [-0.2, 0) is 0 Å². The predicted octanol–water partition coefficient (Wildman–Crippen LogP) is 0.972. The highest BCUT2D eigenvalue weighted by Crippen LogP contribution is 2.15. The zero-order chi connectivity index (χ0) is 13.7. The standard InChI is InChI=1S/C13H16N4O2/c1-2-11(7-18)16-13(19)10-5-3-4-9(6-10)12-14-8-15-17-12/h3-6,8,11,18H,2,7H2,1H3,(H,16,19)(H,14,15,17). The summed E-state index contributed by atoms with van der Waals surface area (Å²) in [5, 5.41) is 18.4. The molecule has 1 heterocycles. The Kier molecular flexibility index (Phi) is 4.25. The molecule has 6 nitrogen and oxygen atoms in total. The molecule has 0 fully saturated rings. The van der Waals surface area contributed by atoms with Gasteiger partial charge in [0.1, 0.15) is 6.33 Å². The molecule has 0 radical (unpaired) electrons. The number of nitrogens with zero attached hydrogens (tertiary/aromatic N) is 2. The first-order chi connectivity index (χ1) is 9.24. The number of benzene rings is 1. The van der Waals surface area contributed by atoms with E-state index in [1.165, 1.54) is 6.33 Å². The molecule has 0 bridgehead atoms. The molecule has 0 aliphatic heterocycles. The number of aromatic amines is 1. The molecule has 1 atom stereocenters. The molecule has 0 aliphatic rings. The SMILES string of the molecule is CCC(CO)NC(=O)c1cccc(-c2ncn[nH]2)c1. The van der Waals surface area contributed by atoms with Crippen LogP contribution < -0.4 is 5.32 Å². The highest BCUT2D eigenvalue weighted by molar-refractivity contribution is 5.95. The fourth-order valence-corrected chi connectivity index (χ4v) is 1.70. The number of carbonyl (C=O) groups excluding carboxylic acids is 1. The number of rotatable bonds is 5. The van der Waals surface area contributed by atoms with E-state index in [2.05, 4.69) is 20.5 Å². The van der Waals surface area contributed by atoms with E-state index in [9.17, 15) is 4.79 Å². The van der Waals surface area contributed by atoms with Gasteiger partial charge in [0.25, 0.3) is 5.91 Å². The average Bonchev–Trinajstić information content (AvgIpc) is 2.99. The van der Waals surface area contributed by atoms with Gasteiger partial charge in [0.05, 0.1) is 12.6 Å². The number of nitrogens with one attached hydrogen (secondary N) is 2. The van der Waals surface area contributed by atoms with Crippen LogP contribution in [0.2, 0.25) is 0 Å². The minimum absolute atomic E-state index is 0.0654.